The van der Waals surface area contributed by atoms with Crippen molar-refractivity contribution in [3.8, 4) is 0 Å². The van der Waals surface area contributed by atoms with Gasteiger partial charge in [0.2, 0.25) is 0 Å². The minimum atomic E-state index is 0.463. The van der Waals surface area contributed by atoms with Gasteiger partial charge in [-0.05, 0) is 30.4 Å². The molecule has 0 radical (unpaired) electrons. The van der Waals surface area contributed by atoms with Crippen LogP contribution in [0.5, 0.6) is 0 Å². The molecule has 1 aromatic rings. The molecule has 3 N–H and O–H groups in total. The quantitative estimate of drug-likeness (QED) is 0.647. The predicted octanol–water partition coefficient (Wildman–Crippen LogP) is 3.12. The summed E-state index contributed by atoms with van der Waals surface area (Å²) >= 11 is 2.01. The van der Waals surface area contributed by atoms with E-state index in [0.29, 0.717) is 11.3 Å². The van der Waals surface area contributed by atoms with Crippen molar-refractivity contribution in [2.45, 2.75) is 54.7 Å². The van der Waals surface area contributed by atoms with Gasteiger partial charge in [-0.3, -0.25) is 11.3 Å². The number of nitrogens with one attached hydrogen (secondary N) is 1. The van der Waals surface area contributed by atoms with Crippen molar-refractivity contribution in [3.05, 3.63) is 29.8 Å². The van der Waals surface area contributed by atoms with Crippen molar-refractivity contribution in [2.24, 2.45) is 11.8 Å². The first-order chi connectivity index (χ1) is 8.86. The monoisotopic (exact) mass is 262 g/mol. The van der Waals surface area contributed by atoms with Crippen molar-refractivity contribution in [1.82, 2.24) is 5.43 Å². The Hall–Kier alpha value is -0.510. The molecule has 0 aromatic heterocycles. The van der Waals surface area contributed by atoms with Crippen LogP contribution in [0.15, 0.2) is 29.2 Å². The average molecular weight is 262 g/mol. The standard InChI is InChI=1S/C15H22N2S/c16-17-13(9-11-5-1-2-6-11)15-10-12-7-3-4-8-14(12)18-15/h3-4,7-8,11,13,15,17H,1-2,5-6,9-10,16H2. The van der Waals surface area contributed by atoms with Crippen molar-refractivity contribution in [3.63, 3.8) is 0 Å². The molecule has 3 heteroatoms. The zero-order chi connectivity index (χ0) is 12.4. The number of hydrazine groups is 1. The maximum Gasteiger partial charge on any atom is 0.0338 e. The number of hydrogen-bond donors (Lipinski definition) is 2. The van der Waals surface area contributed by atoms with Crippen molar-refractivity contribution >= 4 is 11.8 Å². The van der Waals surface area contributed by atoms with Crippen molar-refractivity contribution in [1.29, 1.82) is 0 Å². The van der Waals surface area contributed by atoms with E-state index < -0.39 is 0 Å². The second-order valence-corrected chi connectivity index (χ2v) is 6.91. The SMILES string of the molecule is NNC(CC1CCCC1)C1Cc2ccccc2S1. The van der Waals surface area contributed by atoms with Crippen LogP contribution in [-0.4, -0.2) is 11.3 Å². The molecular formula is C15H22N2S. The van der Waals surface area contributed by atoms with E-state index in [9.17, 15) is 0 Å². The fourth-order valence-corrected chi connectivity index (χ4v) is 4.77. The Morgan fingerprint density at radius 1 is 1.28 bits per heavy atom. The van der Waals surface area contributed by atoms with Gasteiger partial charge in [0.05, 0.1) is 0 Å². The van der Waals surface area contributed by atoms with Crippen LogP contribution in [0.3, 0.4) is 0 Å². The molecule has 3 rings (SSSR count). The zero-order valence-electron chi connectivity index (χ0n) is 10.8. The minimum Gasteiger partial charge on any atom is -0.271 e. The number of nitrogens with two attached hydrogens (primary N) is 1. The van der Waals surface area contributed by atoms with Gasteiger partial charge in [-0.15, -0.1) is 11.8 Å². The van der Waals surface area contributed by atoms with Gasteiger partial charge < -0.3 is 0 Å². The number of benzene rings is 1. The minimum absolute atomic E-state index is 0.463. The summed E-state index contributed by atoms with van der Waals surface area (Å²) in [6.07, 6.45) is 8.07. The van der Waals surface area contributed by atoms with E-state index in [1.165, 1.54) is 49.0 Å². The van der Waals surface area contributed by atoms with Gasteiger partial charge >= 0.3 is 0 Å². The van der Waals surface area contributed by atoms with Gasteiger partial charge in [0.1, 0.15) is 0 Å². The summed E-state index contributed by atoms with van der Waals surface area (Å²) in [5, 5.41) is 0.619. The van der Waals surface area contributed by atoms with E-state index in [2.05, 4.69) is 29.7 Å². The molecule has 18 heavy (non-hydrogen) atoms. The number of hydrogen-bond acceptors (Lipinski definition) is 3. The number of thioether (sulfide) groups is 1. The topological polar surface area (TPSA) is 38.0 Å². The molecule has 1 fully saturated rings. The van der Waals surface area contributed by atoms with Gasteiger partial charge in [-0.1, -0.05) is 43.9 Å². The van der Waals surface area contributed by atoms with E-state index in [4.69, 9.17) is 5.84 Å². The third kappa shape index (κ3) is 2.58. The molecule has 1 saturated carbocycles. The number of rotatable bonds is 4. The molecule has 2 aliphatic rings. The third-order valence-electron chi connectivity index (χ3n) is 4.40. The molecule has 1 aromatic carbocycles. The van der Waals surface area contributed by atoms with E-state index in [1.807, 2.05) is 11.8 Å². The Balaban J connectivity index is 1.63. The summed E-state index contributed by atoms with van der Waals surface area (Å²) in [5.41, 5.74) is 4.58. The molecule has 1 aliphatic carbocycles. The summed E-state index contributed by atoms with van der Waals surface area (Å²) in [4.78, 5) is 1.45. The molecule has 1 aliphatic heterocycles. The van der Waals surface area contributed by atoms with E-state index in [-0.39, 0.29) is 0 Å². The molecule has 0 bridgehead atoms. The highest BCUT2D eigenvalue weighted by atomic mass is 32.2. The normalized spacial score (nSPS) is 25.3. The summed E-state index contributed by atoms with van der Waals surface area (Å²) < 4.78 is 0. The number of fused-ring (bicyclic) bond motifs is 1. The summed E-state index contributed by atoms with van der Waals surface area (Å²) in [6.45, 7) is 0. The highest BCUT2D eigenvalue weighted by Gasteiger charge is 2.31. The Labute approximate surface area is 114 Å². The third-order valence-corrected chi connectivity index (χ3v) is 5.85. The Morgan fingerprint density at radius 2 is 2.06 bits per heavy atom. The lowest BCUT2D eigenvalue weighted by Crippen LogP contribution is -2.43. The Kier molecular flexibility index (Phi) is 3.92. The first kappa shape index (κ1) is 12.5. The van der Waals surface area contributed by atoms with Crippen LogP contribution in [0.1, 0.15) is 37.7 Å². The first-order valence-electron chi connectivity index (χ1n) is 7.07. The molecule has 2 unspecified atom stereocenters. The molecule has 2 nitrogen and oxygen atoms in total. The average Bonchev–Trinajstić information content (AvgIpc) is 3.04. The maximum atomic E-state index is 5.80. The maximum absolute atomic E-state index is 5.80. The summed E-state index contributed by atoms with van der Waals surface area (Å²) in [5.74, 6) is 6.70. The fourth-order valence-electron chi connectivity index (χ4n) is 3.37. The highest BCUT2D eigenvalue weighted by molar-refractivity contribution is 8.00. The fraction of sp³-hybridized carbons (Fsp3) is 0.600. The summed E-state index contributed by atoms with van der Waals surface area (Å²) in [6, 6.07) is 9.24. The molecule has 2 atom stereocenters. The smallest absolute Gasteiger partial charge is 0.0338 e. The molecule has 0 spiro atoms. The van der Waals surface area contributed by atoms with Crippen LogP contribution >= 0.6 is 11.8 Å². The molecule has 1 heterocycles. The van der Waals surface area contributed by atoms with E-state index >= 15 is 0 Å². The van der Waals surface area contributed by atoms with Gasteiger partial charge in [-0.2, -0.15) is 0 Å². The first-order valence-corrected chi connectivity index (χ1v) is 7.95. The lowest BCUT2D eigenvalue weighted by Gasteiger charge is -2.24. The van der Waals surface area contributed by atoms with E-state index in [0.717, 1.165) is 5.92 Å². The molecule has 98 valence electrons. The van der Waals surface area contributed by atoms with Crippen LogP contribution in [0, 0.1) is 5.92 Å². The van der Waals surface area contributed by atoms with Crippen molar-refractivity contribution in [2.75, 3.05) is 0 Å². The zero-order valence-corrected chi connectivity index (χ0v) is 11.6. The molecule has 0 amide bonds. The van der Waals surface area contributed by atoms with Crippen molar-refractivity contribution < 1.29 is 0 Å². The second-order valence-electron chi connectivity index (χ2n) is 5.63. The Bertz CT molecular complexity index is 376. The second kappa shape index (κ2) is 5.64. The van der Waals surface area contributed by atoms with Crippen LogP contribution in [0.2, 0.25) is 0 Å². The van der Waals surface area contributed by atoms with Gasteiger partial charge in [0.25, 0.3) is 0 Å². The predicted molar refractivity (Wildman–Crippen MR) is 77.5 cm³/mol. The van der Waals surface area contributed by atoms with Gasteiger partial charge in [0.15, 0.2) is 0 Å². The highest BCUT2D eigenvalue weighted by Crippen LogP contribution is 2.40. The lowest BCUT2D eigenvalue weighted by molar-refractivity contribution is 0.383. The van der Waals surface area contributed by atoms with Crippen LogP contribution in [-0.2, 0) is 6.42 Å². The Morgan fingerprint density at radius 3 is 2.78 bits per heavy atom. The van der Waals surface area contributed by atoms with Crippen LogP contribution < -0.4 is 11.3 Å². The van der Waals surface area contributed by atoms with Crippen LogP contribution in [0.4, 0.5) is 0 Å². The van der Waals surface area contributed by atoms with Gasteiger partial charge in [0, 0.05) is 16.2 Å². The van der Waals surface area contributed by atoms with Crippen LogP contribution in [0.25, 0.3) is 0 Å². The largest absolute Gasteiger partial charge is 0.271 e. The molecular weight excluding hydrogens is 240 g/mol. The summed E-state index contributed by atoms with van der Waals surface area (Å²) in [7, 11) is 0. The molecule has 0 saturated heterocycles. The van der Waals surface area contributed by atoms with Gasteiger partial charge in [-0.25, -0.2) is 0 Å². The van der Waals surface area contributed by atoms with E-state index in [1.54, 1.807) is 0 Å². The lowest BCUT2D eigenvalue weighted by atomic mass is 9.94.